The van der Waals surface area contributed by atoms with Crippen LogP contribution in [0.15, 0.2) is 42.5 Å². The van der Waals surface area contributed by atoms with E-state index in [1.165, 1.54) is 12.5 Å². The molecule has 2 aromatic carbocycles. The summed E-state index contributed by atoms with van der Waals surface area (Å²) in [7, 11) is 0. The molecule has 0 bridgehead atoms. The molecule has 5 heteroatoms. The quantitative estimate of drug-likeness (QED) is 0.803. The molecule has 2 N–H and O–H groups in total. The van der Waals surface area contributed by atoms with Gasteiger partial charge in [-0.1, -0.05) is 19.9 Å². The average molecular weight is 354 g/mol. The number of aryl methyl sites for hydroxylation is 1. The second kappa shape index (κ2) is 8.52. The lowest BCUT2D eigenvalue weighted by molar-refractivity contribution is -0.122. The van der Waals surface area contributed by atoms with E-state index in [-0.39, 0.29) is 11.8 Å². The monoisotopic (exact) mass is 354 g/mol. The molecule has 2 rings (SSSR count). The van der Waals surface area contributed by atoms with Gasteiger partial charge < -0.3 is 15.4 Å². The Kier molecular flexibility index (Phi) is 6.39. The van der Waals surface area contributed by atoms with Crippen LogP contribution in [-0.2, 0) is 9.59 Å². The highest BCUT2D eigenvalue weighted by Crippen LogP contribution is 2.24. The number of amides is 2. The molecule has 0 aliphatic rings. The van der Waals surface area contributed by atoms with Crippen molar-refractivity contribution in [3.8, 4) is 5.75 Å². The number of rotatable bonds is 6. The summed E-state index contributed by atoms with van der Waals surface area (Å²) in [5.74, 6) is 0.756. The van der Waals surface area contributed by atoms with E-state index in [4.69, 9.17) is 4.74 Å². The van der Waals surface area contributed by atoms with Crippen LogP contribution >= 0.6 is 0 Å². The van der Waals surface area contributed by atoms with Crippen LogP contribution in [0.1, 0.15) is 44.7 Å². The van der Waals surface area contributed by atoms with Gasteiger partial charge in [0, 0.05) is 18.3 Å². The molecule has 0 saturated heterocycles. The number of benzene rings is 2. The molecule has 2 aromatic rings. The Balaban J connectivity index is 1.97. The van der Waals surface area contributed by atoms with Crippen LogP contribution in [0, 0.1) is 6.92 Å². The maximum atomic E-state index is 12.3. The lowest BCUT2D eigenvalue weighted by Crippen LogP contribution is -2.30. The van der Waals surface area contributed by atoms with E-state index < -0.39 is 6.10 Å². The van der Waals surface area contributed by atoms with Crippen molar-refractivity contribution in [2.45, 2.75) is 46.6 Å². The predicted octanol–water partition coefficient (Wildman–Crippen LogP) is 4.48. The lowest BCUT2D eigenvalue weighted by Gasteiger charge is -2.17. The second-order valence-corrected chi connectivity index (χ2v) is 6.68. The average Bonchev–Trinajstić information content (AvgIpc) is 2.55. The Labute approximate surface area is 154 Å². The fraction of sp³-hybridized carbons (Fsp3) is 0.333. The zero-order chi connectivity index (χ0) is 19.3. The van der Waals surface area contributed by atoms with Gasteiger partial charge in [0.1, 0.15) is 5.75 Å². The van der Waals surface area contributed by atoms with E-state index in [2.05, 4.69) is 24.5 Å². The van der Waals surface area contributed by atoms with E-state index in [0.717, 1.165) is 5.56 Å². The molecule has 1 atom stereocenters. The fourth-order valence-electron chi connectivity index (χ4n) is 2.71. The van der Waals surface area contributed by atoms with Gasteiger partial charge in [0.2, 0.25) is 5.91 Å². The number of carbonyl (C=O) groups excluding carboxylic acids is 2. The second-order valence-electron chi connectivity index (χ2n) is 6.68. The summed E-state index contributed by atoms with van der Waals surface area (Å²) in [6, 6.07) is 12.8. The Hall–Kier alpha value is -2.82. The zero-order valence-electron chi connectivity index (χ0n) is 15.9. The third-order valence-corrected chi connectivity index (χ3v) is 4.02. The molecular weight excluding hydrogens is 328 g/mol. The molecule has 0 fully saturated rings. The molecule has 0 saturated carbocycles. The summed E-state index contributed by atoms with van der Waals surface area (Å²) < 4.78 is 5.77. The third-order valence-electron chi connectivity index (χ3n) is 4.02. The predicted molar refractivity (Wildman–Crippen MR) is 105 cm³/mol. The standard InChI is InChI=1S/C21H26N2O3/c1-13(2)20-11-10-19(12-14(20)3)26-15(4)21(25)23-18-8-6-17(7-9-18)22-16(5)24/h6-13,15H,1-5H3,(H,22,24)(H,23,25). The molecule has 2 amide bonds. The van der Waals surface area contributed by atoms with E-state index in [1.807, 2.05) is 25.1 Å². The van der Waals surface area contributed by atoms with Crippen molar-refractivity contribution in [3.63, 3.8) is 0 Å². The fourth-order valence-corrected chi connectivity index (χ4v) is 2.71. The molecule has 1 unspecified atom stereocenters. The topological polar surface area (TPSA) is 67.4 Å². The van der Waals surface area contributed by atoms with Gasteiger partial charge in [-0.25, -0.2) is 0 Å². The summed E-state index contributed by atoms with van der Waals surface area (Å²) in [4.78, 5) is 23.4. The highest BCUT2D eigenvalue weighted by Gasteiger charge is 2.15. The zero-order valence-corrected chi connectivity index (χ0v) is 15.9. The summed E-state index contributed by atoms with van der Waals surface area (Å²) >= 11 is 0. The van der Waals surface area contributed by atoms with Crippen molar-refractivity contribution in [2.24, 2.45) is 0 Å². The smallest absolute Gasteiger partial charge is 0.265 e. The Bertz CT molecular complexity index is 782. The van der Waals surface area contributed by atoms with Crippen LogP contribution < -0.4 is 15.4 Å². The molecule has 0 spiro atoms. The van der Waals surface area contributed by atoms with Gasteiger partial charge in [-0.3, -0.25) is 9.59 Å². The SMILES string of the molecule is CC(=O)Nc1ccc(NC(=O)C(C)Oc2ccc(C(C)C)c(C)c2)cc1. The van der Waals surface area contributed by atoms with Gasteiger partial charge in [0.25, 0.3) is 5.91 Å². The highest BCUT2D eigenvalue weighted by molar-refractivity contribution is 5.94. The maximum Gasteiger partial charge on any atom is 0.265 e. The molecule has 5 nitrogen and oxygen atoms in total. The van der Waals surface area contributed by atoms with Crippen molar-refractivity contribution >= 4 is 23.2 Å². The van der Waals surface area contributed by atoms with E-state index in [0.29, 0.717) is 23.0 Å². The molecule has 0 aliphatic carbocycles. The first-order valence-electron chi connectivity index (χ1n) is 8.72. The van der Waals surface area contributed by atoms with Crippen molar-refractivity contribution in [3.05, 3.63) is 53.6 Å². The molecular formula is C21H26N2O3. The van der Waals surface area contributed by atoms with Crippen LogP contribution in [0.25, 0.3) is 0 Å². The van der Waals surface area contributed by atoms with Gasteiger partial charge in [0.05, 0.1) is 0 Å². The van der Waals surface area contributed by atoms with Crippen LogP contribution in [-0.4, -0.2) is 17.9 Å². The van der Waals surface area contributed by atoms with E-state index in [9.17, 15) is 9.59 Å². The molecule has 26 heavy (non-hydrogen) atoms. The molecule has 0 aromatic heterocycles. The van der Waals surface area contributed by atoms with Gasteiger partial charge >= 0.3 is 0 Å². The number of anilines is 2. The summed E-state index contributed by atoms with van der Waals surface area (Å²) in [6.07, 6.45) is -0.630. The first kappa shape index (κ1) is 19.5. The number of carbonyl (C=O) groups is 2. The first-order valence-corrected chi connectivity index (χ1v) is 8.72. The van der Waals surface area contributed by atoms with Gasteiger partial charge in [-0.15, -0.1) is 0 Å². The number of hydrogen-bond acceptors (Lipinski definition) is 3. The Morgan fingerprint density at radius 2 is 1.50 bits per heavy atom. The van der Waals surface area contributed by atoms with Gasteiger partial charge in [-0.05, 0) is 67.3 Å². The van der Waals surface area contributed by atoms with Crippen molar-refractivity contribution in [1.82, 2.24) is 0 Å². The Morgan fingerprint density at radius 1 is 0.923 bits per heavy atom. The third kappa shape index (κ3) is 5.34. The van der Waals surface area contributed by atoms with E-state index >= 15 is 0 Å². The molecule has 0 radical (unpaired) electrons. The van der Waals surface area contributed by atoms with Gasteiger partial charge in [-0.2, -0.15) is 0 Å². The van der Waals surface area contributed by atoms with Gasteiger partial charge in [0.15, 0.2) is 6.10 Å². The largest absolute Gasteiger partial charge is 0.481 e. The van der Waals surface area contributed by atoms with Crippen molar-refractivity contribution in [1.29, 1.82) is 0 Å². The normalized spacial score (nSPS) is 11.8. The molecule has 0 aliphatic heterocycles. The molecule has 0 heterocycles. The maximum absolute atomic E-state index is 12.3. The van der Waals surface area contributed by atoms with Crippen molar-refractivity contribution in [2.75, 3.05) is 10.6 Å². The van der Waals surface area contributed by atoms with Crippen molar-refractivity contribution < 1.29 is 14.3 Å². The summed E-state index contributed by atoms with van der Waals surface area (Å²) in [5, 5.41) is 5.49. The molecule has 138 valence electrons. The first-order chi connectivity index (χ1) is 12.3. The highest BCUT2D eigenvalue weighted by atomic mass is 16.5. The minimum atomic E-state index is -0.630. The lowest BCUT2D eigenvalue weighted by atomic mass is 9.98. The minimum Gasteiger partial charge on any atom is -0.481 e. The number of nitrogens with one attached hydrogen (secondary N) is 2. The minimum absolute atomic E-state index is 0.136. The van der Waals surface area contributed by atoms with Crippen LogP contribution in [0.5, 0.6) is 5.75 Å². The van der Waals surface area contributed by atoms with Crippen LogP contribution in [0.4, 0.5) is 11.4 Å². The van der Waals surface area contributed by atoms with Crippen LogP contribution in [0.3, 0.4) is 0 Å². The number of ether oxygens (including phenoxy) is 1. The van der Waals surface area contributed by atoms with Crippen LogP contribution in [0.2, 0.25) is 0 Å². The number of hydrogen-bond donors (Lipinski definition) is 2. The summed E-state index contributed by atoms with van der Waals surface area (Å²) in [5.41, 5.74) is 3.75. The summed E-state index contributed by atoms with van der Waals surface area (Å²) in [6.45, 7) is 9.51. The Morgan fingerprint density at radius 3 is 2.00 bits per heavy atom. The van der Waals surface area contributed by atoms with E-state index in [1.54, 1.807) is 31.2 Å².